The summed E-state index contributed by atoms with van der Waals surface area (Å²) < 4.78 is 11.2. The van der Waals surface area contributed by atoms with Gasteiger partial charge in [0.1, 0.15) is 5.60 Å². The van der Waals surface area contributed by atoms with Gasteiger partial charge in [0.2, 0.25) is 0 Å². The summed E-state index contributed by atoms with van der Waals surface area (Å²) >= 11 is 5.84. The van der Waals surface area contributed by atoms with Gasteiger partial charge in [-0.1, -0.05) is 0 Å². The van der Waals surface area contributed by atoms with Gasteiger partial charge in [0.15, 0.2) is 6.29 Å². The predicted molar refractivity (Wildman–Crippen MR) is 109 cm³/mol. The number of rotatable bonds is 8. The normalized spacial score (nSPS) is 19.0. The van der Waals surface area contributed by atoms with Crippen LogP contribution in [-0.4, -0.2) is 77.1 Å². The van der Waals surface area contributed by atoms with E-state index in [-0.39, 0.29) is 17.6 Å². The SMILES string of the molecule is CC(C)(C)OC(=O)N1CCN(CCC(CCCCl)C(O)OC(C)(C)C)CC1. The Labute approximate surface area is 170 Å². The third kappa shape index (κ3) is 10.5. The van der Waals surface area contributed by atoms with Crippen LogP contribution < -0.4 is 0 Å². The number of amides is 1. The molecule has 1 amide bonds. The molecule has 0 aromatic rings. The van der Waals surface area contributed by atoms with E-state index in [1.165, 1.54) is 0 Å². The number of aliphatic hydroxyl groups is 1. The minimum atomic E-state index is -0.781. The first-order valence-electron chi connectivity index (χ1n) is 10.0. The lowest BCUT2D eigenvalue weighted by Crippen LogP contribution is -2.50. The molecule has 1 fully saturated rings. The van der Waals surface area contributed by atoms with Crippen LogP contribution in [0.3, 0.4) is 0 Å². The van der Waals surface area contributed by atoms with E-state index in [1.807, 2.05) is 41.5 Å². The van der Waals surface area contributed by atoms with E-state index in [4.69, 9.17) is 21.1 Å². The largest absolute Gasteiger partial charge is 0.444 e. The first-order chi connectivity index (χ1) is 12.4. The van der Waals surface area contributed by atoms with Crippen molar-refractivity contribution in [1.82, 2.24) is 9.80 Å². The summed E-state index contributed by atoms with van der Waals surface area (Å²) in [6.45, 7) is 15.3. The molecule has 7 heteroatoms. The number of nitrogens with zero attached hydrogens (tertiary/aromatic N) is 2. The summed E-state index contributed by atoms with van der Waals surface area (Å²) in [4.78, 5) is 16.2. The molecule has 0 aromatic heterocycles. The number of piperazine rings is 1. The maximum absolute atomic E-state index is 12.1. The van der Waals surface area contributed by atoms with E-state index in [1.54, 1.807) is 4.90 Å². The molecule has 1 N–H and O–H groups in total. The summed E-state index contributed by atoms with van der Waals surface area (Å²) in [5, 5.41) is 10.5. The molecule has 6 nitrogen and oxygen atoms in total. The third-order valence-corrected chi connectivity index (χ3v) is 4.69. The van der Waals surface area contributed by atoms with E-state index in [9.17, 15) is 9.90 Å². The molecule has 1 saturated heterocycles. The maximum atomic E-state index is 12.1. The Hall–Kier alpha value is -0.560. The molecular weight excluding hydrogens is 368 g/mol. The van der Waals surface area contributed by atoms with Crippen LogP contribution in [0.2, 0.25) is 0 Å². The van der Waals surface area contributed by atoms with Crippen molar-refractivity contribution >= 4 is 17.7 Å². The minimum absolute atomic E-state index is 0.0619. The van der Waals surface area contributed by atoms with Gasteiger partial charge in [-0.05, 0) is 67.3 Å². The zero-order chi connectivity index (χ0) is 20.7. The first-order valence-corrected chi connectivity index (χ1v) is 10.6. The van der Waals surface area contributed by atoms with Crippen LogP contribution in [0.4, 0.5) is 4.79 Å². The van der Waals surface area contributed by atoms with Crippen molar-refractivity contribution in [3.8, 4) is 0 Å². The number of carbonyl (C=O) groups excluding carboxylic acids is 1. The lowest BCUT2D eigenvalue weighted by atomic mass is 9.98. The average molecular weight is 407 g/mol. The van der Waals surface area contributed by atoms with Gasteiger partial charge < -0.3 is 19.5 Å². The number of hydrogen-bond donors (Lipinski definition) is 1. The summed E-state index contributed by atoms with van der Waals surface area (Å²) in [5.74, 6) is 0.652. The lowest BCUT2D eigenvalue weighted by Gasteiger charge is -2.36. The van der Waals surface area contributed by atoms with Crippen LogP contribution in [0.25, 0.3) is 0 Å². The number of alkyl halides is 1. The molecule has 0 saturated carbocycles. The van der Waals surface area contributed by atoms with Crippen molar-refractivity contribution in [2.45, 2.75) is 78.3 Å². The number of aliphatic hydroxyl groups excluding tert-OH is 1. The second kappa shape index (κ2) is 10.8. The minimum Gasteiger partial charge on any atom is -0.444 e. The highest BCUT2D eigenvalue weighted by Crippen LogP contribution is 2.23. The van der Waals surface area contributed by atoms with E-state index in [0.29, 0.717) is 19.0 Å². The van der Waals surface area contributed by atoms with E-state index >= 15 is 0 Å². The molecule has 0 aliphatic carbocycles. The Morgan fingerprint density at radius 2 is 1.63 bits per heavy atom. The van der Waals surface area contributed by atoms with Gasteiger partial charge in [-0.3, -0.25) is 4.90 Å². The van der Waals surface area contributed by atoms with Gasteiger partial charge in [-0.15, -0.1) is 11.6 Å². The molecule has 27 heavy (non-hydrogen) atoms. The van der Waals surface area contributed by atoms with Gasteiger partial charge in [-0.2, -0.15) is 0 Å². The van der Waals surface area contributed by atoms with Gasteiger partial charge in [0.25, 0.3) is 0 Å². The fourth-order valence-corrected chi connectivity index (χ4v) is 3.21. The van der Waals surface area contributed by atoms with Crippen LogP contribution >= 0.6 is 11.6 Å². The van der Waals surface area contributed by atoms with E-state index < -0.39 is 11.9 Å². The first kappa shape index (κ1) is 24.5. The van der Waals surface area contributed by atoms with Gasteiger partial charge >= 0.3 is 6.09 Å². The van der Waals surface area contributed by atoms with Gasteiger partial charge in [-0.25, -0.2) is 4.79 Å². The van der Waals surface area contributed by atoms with Gasteiger partial charge in [0, 0.05) is 38.0 Å². The van der Waals surface area contributed by atoms with Crippen molar-refractivity contribution in [1.29, 1.82) is 0 Å². The molecule has 1 heterocycles. The number of halogens is 1. The predicted octanol–water partition coefficient (Wildman–Crippen LogP) is 3.70. The Bertz CT molecular complexity index is 440. The molecule has 0 aromatic carbocycles. The Balaban J connectivity index is 2.45. The van der Waals surface area contributed by atoms with Crippen LogP contribution in [0.15, 0.2) is 0 Å². The lowest BCUT2D eigenvalue weighted by molar-refractivity contribution is -0.194. The highest BCUT2D eigenvalue weighted by molar-refractivity contribution is 6.17. The number of ether oxygens (including phenoxy) is 2. The molecule has 0 radical (unpaired) electrons. The van der Waals surface area contributed by atoms with Crippen LogP contribution in [0.5, 0.6) is 0 Å². The molecule has 1 aliphatic heterocycles. The van der Waals surface area contributed by atoms with Gasteiger partial charge in [0.05, 0.1) is 5.60 Å². The smallest absolute Gasteiger partial charge is 0.410 e. The topological polar surface area (TPSA) is 62.2 Å². The molecule has 1 rings (SSSR count). The monoisotopic (exact) mass is 406 g/mol. The van der Waals surface area contributed by atoms with Crippen molar-refractivity contribution in [3.63, 3.8) is 0 Å². The van der Waals surface area contributed by atoms with E-state index in [0.717, 1.165) is 38.9 Å². The summed E-state index contributed by atoms with van der Waals surface area (Å²) in [6, 6.07) is 0. The highest BCUT2D eigenvalue weighted by atomic mass is 35.5. The number of hydrogen-bond acceptors (Lipinski definition) is 5. The zero-order valence-corrected chi connectivity index (χ0v) is 18.7. The molecule has 0 spiro atoms. The molecule has 2 atom stereocenters. The number of carbonyl (C=O) groups is 1. The summed E-state index contributed by atoms with van der Waals surface area (Å²) in [7, 11) is 0. The Morgan fingerprint density at radius 3 is 2.11 bits per heavy atom. The fraction of sp³-hybridized carbons (Fsp3) is 0.950. The van der Waals surface area contributed by atoms with Crippen LogP contribution in [-0.2, 0) is 9.47 Å². The Morgan fingerprint density at radius 1 is 1.04 bits per heavy atom. The van der Waals surface area contributed by atoms with Crippen LogP contribution in [0, 0.1) is 5.92 Å². The zero-order valence-electron chi connectivity index (χ0n) is 18.0. The Kier molecular flexibility index (Phi) is 9.83. The molecular formula is C20H39ClN2O4. The van der Waals surface area contributed by atoms with E-state index in [2.05, 4.69) is 4.90 Å². The maximum Gasteiger partial charge on any atom is 0.410 e. The average Bonchev–Trinajstić information content (AvgIpc) is 2.52. The fourth-order valence-electron chi connectivity index (χ4n) is 3.06. The molecule has 0 bridgehead atoms. The molecule has 1 aliphatic rings. The van der Waals surface area contributed by atoms with Crippen LogP contribution in [0.1, 0.15) is 60.8 Å². The van der Waals surface area contributed by atoms with Crippen molar-refractivity contribution in [2.24, 2.45) is 5.92 Å². The van der Waals surface area contributed by atoms with Crippen molar-refractivity contribution in [3.05, 3.63) is 0 Å². The van der Waals surface area contributed by atoms with Crippen molar-refractivity contribution < 1.29 is 19.4 Å². The third-order valence-electron chi connectivity index (χ3n) is 4.43. The second-order valence-corrected chi connectivity index (χ2v) is 9.69. The second-order valence-electron chi connectivity index (χ2n) is 9.31. The standard InChI is InChI=1S/C20H39ClN2O4/c1-19(2,3)26-17(24)16(8-7-10-21)9-11-22-12-14-23(15-13-22)18(25)27-20(4,5)6/h16-17,24H,7-15H2,1-6H3. The highest BCUT2D eigenvalue weighted by Gasteiger charge is 2.28. The summed E-state index contributed by atoms with van der Waals surface area (Å²) in [6.07, 6.45) is 1.54. The van der Waals surface area contributed by atoms with Crippen molar-refractivity contribution in [2.75, 3.05) is 38.6 Å². The quantitative estimate of drug-likeness (QED) is 0.492. The molecule has 2 unspecified atom stereocenters. The summed E-state index contributed by atoms with van der Waals surface area (Å²) in [5.41, 5.74) is -0.843. The molecule has 160 valence electrons.